The van der Waals surface area contributed by atoms with E-state index in [0.29, 0.717) is 12.1 Å². The number of hydrogen-bond donors (Lipinski definition) is 2. The number of halogens is 4. The third kappa shape index (κ3) is 3.39. The van der Waals surface area contributed by atoms with Crippen molar-refractivity contribution in [2.24, 2.45) is 4.99 Å². The van der Waals surface area contributed by atoms with E-state index < -0.39 is 40.4 Å². The highest BCUT2D eigenvalue weighted by molar-refractivity contribution is 6.25. The molecule has 0 aliphatic heterocycles. The Morgan fingerprint density at radius 1 is 1.25 bits per heavy atom. The minimum absolute atomic E-state index is 0.123. The summed E-state index contributed by atoms with van der Waals surface area (Å²) < 4.78 is 53.4. The summed E-state index contributed by atoms with van der Waals surface area (Å²) in [6.45, 7) is 0. The molecule has 0 spiro atoms. The largest absolute Gasteiger partial charge is 0.477 e. The molecule has 0 bridgehead atoms. The fourth-order valence-corrected chi connectivity index (χ4v) is 2.49. The number of aromatic nitrogens is 3. The Labute approximate surface area is 151 Å². The number of aliphatic imine (C=N–C) groups is 1. The van der Waals surface area contributed by atoms with Gasteiger partial charge in [-0.3, -0.25) is 14.7 Å². The predicted octanol–water partition coefficient (Wildman–Crippen LogP) is 2.14. The molecule has 2 heterocycles. The van der Waals surface area contributed by atoms with E-state index in [1.165, 1.54) is 0 Å². The van der Waals surface area contributed by atoms with Crippen LogP contribution >= 0.6 is 0 Å². The van der Waals surface area contributed by atoms with Gasteiger partial charge in [0.2, 0.25) is 0 Å². The maximum absolute atomic E-state index is 13.5. The van der Waals surface area contributed by atoms with Gasteiger partial charge in [-0.25, -0.2) is 23.7 Å². The van der Waals surface area contributed by atoms with E-state index in [1.807, 2.05) is 0 Å². The Bertz CT molecular complexity index is 1190. The van der Waals surface area contributed by atoms with E-state index >= 15 is 0 Å². The number of H-pyrrole nitrogens is 1. The zero-order valence-corrected chi connectivity index (χ0v) is 13.5. The second kappa shape index (κ2) is 6.72. The number of hydrogen-bond acceptors (Lipinski definition) is 4. The lowest BCUT2D eigenvalue weighted by molar-refractivity contribution is -0.140. The van der Waals surface area contributed by atoms with Crippen LogP contribution in [0.4, 0.5) is 17.6 Å². The SMILES string of the molecule is O=C(O)C=NC(=O)c1c(=O)cc(-c2ccc(F)c(C(F)(F)F)c2)n2[nH]cnc12. The van der Waals surface area contributed by atoms with E-state index in [1.54, 1.807) is 0 Å². The average molecular weight is 396 g/mol. The van der Waals surface area contributed by atoms with Crippen LogP contribution in [0.5, 0.6) is 0 Å². The van der Waals surface area contributed by atoms with Crippen molar-refractivity contribution in [3.8, 4) is 11.3 Å². The molecule has 2 aromatic heterocycles. The molecule has 3 rings (SSSR count). The van der Waals surface area contributed by atoms with Crippen molar-refractivity contribution in [3.05, 3.63) is 57.8 Å². The summed E-state index contributed by atoms with van der Waals surface area (Å²) >= 11 is 0. The lowest BCUT2D eigenvalue weighted by Gasteiger charge is -2.11. The van der Waals surface area contributed by atoms with Crippen LogP contribution in [0.15, 0.2) is 40.4 Å². The standard InChI is InChI=1S/C16H8F4N4O4/c17-9-2-1-7(3-8(9)16(18,19)20)10-4-11(25)13(14-22-6-23-24(10)14)15(28)21-5-12(26)27/h1-6H,(H,22,23)(H,26,27). The molecule has 0 fully saturated rings. The van der Waals surface area contributed by atoms with E-state index in [2.05, 4.69) is 15.1 Å². The van der Waals surface area contributed by atoms with Gasteiger partial charge in [-0.1, -0.05) is 0 Å². The summed E-state index contributed by atoms with van der Waals surface area (Å²) in [4.78, 5) is 41.8. The number of nitrogens with one attached hydrogen (secondary N) is 1. The van der Waals surface area contributed by atoms with E-state index in [4.69, 9.17) is 5.11 Å². The number of alkyl halides is 3. The first-order valence-electron chi connectivity index (χ1n) is 7.37. The van der Waals surface area contributed by atoms with Gasteiger partial charge in [-0.15, -0.1) is 0 Å². The van der Waals surface area contributed by atoms with Crippen LogP contribution < -0.4 is 5.43 Å². The number of fused-ring (bicyclic) bond motifs is 1. The Kier molecular flexibility index (Phi) is 4.55. The molecule has 0 saturated carbocycles. The molecule has 1 amide bonds. The number of carbonyl (C=O) groups excluding carboxylic acids is 1. The van der Waals surface area contributed by atoms with Crippen molar-refractivity contribution >= 4 is 23.7 Å². The van der Waals surface area contributed by atoms with E-state index in [0.717, 1.165) is 23.0 Å². The van der Waals surface area contributed by atoms with Crippen LogP contribution in [0.1, 0.15) is 15.9 Å². The van der Waals surface area contributed by atoms with Crippen LogP contribution in [0.2, 0.25) is 0 Å². The lowest BCUT2D eigenvalue weighted by atomic mass is 10.1. The third-order valence-corrected chi connectivity index (χ3v) is 3.64. The number of pyridine rings is 1. The summed E-state index contributed by atoms with van der Waals surface area (Å²) in [6.07, 6.45) is -3.61. The monoisotopic (exact) mass is 396 g/mol. The van der Waals surface area contributed by atoms with Gasteiger partial charge in [0.1, 0.15) is 23.9 Å². The van der Waals surface area contributed by atoms with Gasteiger partial charge < -0.3 is 5.11 Å². The van der Waals surface area contributed by atoms with Crippen LogP contribution in [0.3, 0.4) is 0 Å². The molecular formula is C16H8F4N4O4. The quantitative estimate of drug-likeness (QED) is 0.520. The van der Waals surface area contributed by atoms with Crippen molar-refractivity contribution in [3.63, 3.8) is 0 Å². The molecule has 3 aromatic rings. The van der Waals surface area contributed by atoms with Gasteiger partial charge in [-0.05, 0) is 18.2 Å². The normalized spacial score (nSPS) is 12.0. The van der Waals surface area contributed by atoms with Crippen molar-refractivity contribution in [2.45, 2.75) is 6.18 Å². The van der Waals surface area contributed by atoms with Crippen LogP contribution in [-0.4, -0.2) is 37.8 Å². The maximum Gasteiger partial charge on any atom is 0.419 e. The zero-order valence-electron chi connectivity index (χ0n) is 13.5. The summed E-state index contributed by atoms with van der Waals surface area (Å²) in [7, 11) is 0. The zero-order chi connectivity index (χ0) is 20.6. The first-order valence-corrected chi connectivity index (χ1v) is 7.37. The first-order chi connectivity index (χ1) is 13.1. The molecule has 0 unspecified atom stereocenters. The van der Waals surface area contributed by atoms with Crippen LogP contribution in [0, 0.1) is 5.82 Å². The van der Waals surface area contributed by atoms with Crippen molar-refractivity contribution < 1.29 is 32.3 Å². The van der Waals surface area contributed by atoms with Crippen LogP contribution in [0.25, 0.3) is 16.9 Å². The first kappa shape index (κ1) is 18.9. The number of carbonyl (C=O) groups is 2. The number of nitrogens with zero attached hydrogens (tertiary/aromatic N) is 3. The number of aromatic amines is 1. The van der Waals surface area contributed by atoms with Gasteiger partial charge in [0.15, 0.2) is 11.1 Å². The molecule has 0 atom stereocenters. The maximum atomic E-state index is 13.5. The highest BCUT2D eigenvalue weighted by Crippen LogP contribution is 2.34. The second-order valence-electron chi connectivity index (χ2n) is 5.41. The van der Waals surface area contributed by atoms with E-state index in [9.17, 15) is 31.9 Å². The number of carboxylic acids is 1. The molecule has 0 aliphatic carbocycles. The molecular weight excluding hydrogens is 388 g/mol. The molecule has 2 N–H and O–H groups in total. The van der Waals surface area contributed by atoms with E-state index in [-0.39, 0.29) is 23.1 Å². The van der Waals surface area contributed by atoms with Gasteiger partial charge in [0, 0.05) is 11.6 Å². The van der Waals surface area contributed by atoms with Gasteiger partial charge in [0.25, 0.3) is 5.91 Å². The summed E-state index contributed by atoms with van der Waals surface area (Å²) in [5.41, 5.74) is -3.64. The van der Waals surface area contributed by atoms with Crippen LogP contribution in [-0.2, 0) is 11.0 Å². The Morgan fingerprint density at radius 3 is 2.61 bits per heavy atom. The number of amides is 1. The topological polar surface area (TPSA) is 117 Å². The Morgan fingerprint density at radius 2 is 1.96 bits per heavy atom. The number of benzene rings is 1. The predicted molar refractivity (Wildman–Crippen MR) is 86.7 cm³/mol. The molecule has 0 radical (unpaired) electrons. The molecule has 1 aromatic carbocycles. The minimum atomic E-state index is -4.96. The number of rotatable bonds is 3. The molecule has 12 heteroatoms. The third-order valence-electron chi connectivity index (χ3n) is 3.64. The molecule has 28 heavy (non-hydrogen) atoms. The summed E-state index contributed by atoms with van der Waals surface area (Å²) in [5, 5.41) is 11.0. The average Bonchev–Trinajstić information content (AvgIpc) is 3.07. The summed E-state index contributed by atoms with van der Waals surface area (Å²) in [5.74, 6) is -4.20. The highest BCUT2D eigenvalue weighted by atomic mass is 19.4. The fourth-order valence-electron chi connectivity index (χ4n) is 2.49. The summed E-state index contributed by atoms with van der Waals surface area (Å²) in [6, 6.07) is 2.97. The highest BCUT2D eigenvalue weighted by Gasteiger charge is 2.34. The molecule has 8 nitrogen and oxygen atoms in total. The molecule has 144 valence electrons. The number of carboxylic acid groups (broad SMARTS) is 1. The fraction of sp³-hybridized carbons (Fsp3) is 0.0625. The lowest BCUT2D eigenvalue weighted by Crippen LogP contribution is -2.18. The van der Waals surface area contributed by atoms with Gasteiger partial charge >= 0.3 is 12.1 Å². The Balaban J connectivity index is 2.23. The van der Waals surface area contributed by atoms with Gasteiger partial charge in [0.05, 0.1) is 11.3 Å². The minimum Gasteiger partial charge on any atom is -0.477 e. The molecule has 0 aliphatic rings. The smallest absolute Gasteiger partial charge is 0.419 e. The van der Waals surface area contributed by atoms with Crippen molar-refractivity contribution in [1.29, 1.82) is 0 Å². The van der Waals surface area contributed by atoms with Gasteiger partial charge in [-0.2, -0.15) is 13.2 Å². The molecule has 0 saturated heterocycles. The van der Waals surface area contributed by atoms with Crippen molar-refractivity contribution in [2.75, 3.05) is 0 Å². The second-order valence-corrected chi connectivity index (χ2v) is 5.41. The van der Waals surface area contributed by atoms with Crippen molar-refractivity contribution in [1.82, 2.24) is 14.6 Å². The number of aliphatic carboxylic acids is 1. The Hall–Kier alpha value is -3.83.